The Morgan fingerprint density at radius 2 is 1.75 bits per heavy atom. The van der Waals surface area contributed by atoms with Crippen molar-refractivity contribution in [1.29, 1.82) is 0 Å². The molecule has 0 radical (unpaired) electrons. The van der Waals surface area contributed by atoms with Crippen molar-refractivity contribution >= 4 is 18.0 Å². The maximum atomic E-state index is 11.8. The molecular formula is C13H24N2O5. The molecule has 0 aromatic rings. The predicted molar refractivity (Wildman–Crippen MR) is 73.1 cm³/mol. The molecule has 0 fully saturated rings. The topological polar surface area (TPSA) is 93.7 Å². The molecule has 0 aliphatic rings. The summed E-state index contributed by atoms with van der Waals surface area (Å²) in [6, 6.07) is -0.751. The molecule has 0 aromatic heterocycles. The summed E-state index contributed by atoms with van der Waals surface area (Å²) in [5, 5.41) is 4.86. The van der Waals surface area contributed by atoms with Crippen LogP contribution in [0.5, 0.6) is 0 Å². The summed E-state index contributed by atoms with van der Waals surface area (Å²) in [5.41, 5.74) is -0.635. The summed E-state index contributed by atoms with van der Waals surface area (Å²) in [7, 11) is 0. The molecule has 7 heteroatoms. The Morgan fingerprint density at radius 3 is 2.20 bits per heavy atom. The van der Waals surface area contributed by atoms with Crippen LogP contribution in [0, 0.1) is 0 Å². The van der Waals surface area contributed by atoms with Gasteiger partial charge in [-0.2, -0.15) is 0 Å². The highest BCUT2D eigenvalue weighted by molar-refractivity contribution is 5.88. The normalized spacial score (nSPS) is 12.2. The highest BCUT2D eigenvalue weighted by Gasteiger charge is 2.23. The highest BCUT2D eigenvalue weighted by atomic mass is 16.6. The summed E-state index contributed by atoms with van der Waals surface area (Å²) >= 11 is 0. The predicted octanol–water partition coefficient (Wildman–Crippen LogP) is 0.969. The lowest BCUT2D eigenvalue weighted by atomic mass is 10.2. The number of carbonyl (C=O) groups is 3. The van der Waals surface area contributed by atoms with Gasteiger partial charge in [0.1, 0.15) is 18.2 Å². The first-order valence-electron chi connectivity index (χ1n) is 6.62. The average molecular weight is 288 g/mol. The molecule has 1 atom stereocenters. The van der Waals surface area contributed by atoms with E-state index in [9.17, 15) is 14.4 Å². The van der Waals surface area contributed by atoms with E-state index < -0.39 is 29.6 Å². The number of hydrogen-bond acceptors (Lipinski definition) is 5. The molecule has 0 aromatic carbocycles. The van der Waals surface area contributed by atoms with Crippen molar-refractivity contribution < 1.29 is 23.9 Å². The fourth-order valence-corrected chi connectivity index (χ4v) is 1.30. The van der Waals surface area contributed by atoms with Crippen LogP contribution in [-0.4, -0.2) is 42.8 Å². The summed E-state index contributed by atoms with van der Waals surface area (Å²) in [6.07, 6.45) is -0.288. The van der Waals surface area contributed by atoms with E-state index in [0.717, 1.165) is 0 Å². The van der Waals surface area contributed by atoms with Gasteiger partial charge >= 0.3 is 12.1 Å². The van der Waals surface area contributed by atoms with Crippen molar-refractivity contribution in [3.63, 3.8) is 0 Å². The highest BCUT2D eigenvalue weighted by Crippen LogP contribution is 2.07. The smallest absolute Gasteiger partial charge is 0.408 e. The van der Waals surface area contributed by atoms with Crippen LogP contribution in [0.1, 0.15) is 41.0 Å². The minimum atomic E-state index is -0.751. The van der Waals surface area contributed by atoms with Gasteiger partial charge in [-0.1, -0.05) is 6.92 Å². The molecule has 0 bridgehead atoms. The number of carbonyl (C=O) groups excluding carboxylic acids is 3. The van der Waals surface area contributed by atoms with Crippen molar-refractivity contribution in [2.24, 2.45) is 0 Å². The summed E-state index contributed by atoms with van der Waals surface area (Å²) in [4.78, 5) is 34.5. The van der Waals surface area contributed by atoms with Gasteiger partial charge in [0.25, 0.3) is 0 Å². The van der Waals surface area contributed by atoms with Gasteiger partial charge in [-0.05, 0) is 34.1 Å². The monoisotopic (exact) mass is 288 g/mol. The van der Waals surface area contributed by atoms with Crippen LogP contribution in [0.15, 0.2) is 0 Å². The Kier molecular flexibility index (Phi) is 7.64. The minimum Gasteiger partial charge on any atom is -0.465 e. The van der Waals surface area contributed by atoms with Gasteiger partial charge in [0.05, 0.1) is 6.61 Å². The number of nitrogens with one attached hydrogen (secondary N) is 2. The third-order valence-corrected chi connectivity index (χ3v) is 2.13. The molecule has 1 unspecified atom stereocenters. The van der Waals surface area contributed by atoms with Crippen LogP contribution in [0.2, 0.25) is 0 Å². The van der Waals surface area contributed by atoms with Crippen LogP contribution in [0.25, 0.3) is 0 Å². The van der Waals surface area contributed by atoms with Crippen LogP contribution >= 0.6 is 0 Å². The Balaban J connectivity index is 4.28. The summed E-state index contributed by atoms with van der Waals surface area (Å²) < 4.78 is 9.75. The Labute approximate surface area is 119 Å². The average Bonchev–Trinajstić information content (AvgIpc) is 2.31. The summed E-state index contributed by atoms with van der Waals surface area (Å²) in [6.45, 7) is 8.64. The SMILES string of the molecule is CCOC(=O)CNC(=O)C(CC)NC(=O)OC(C)(C)C. The first kappa shape index (κ1) is 18.2. The maximum absolute atomic E-state index is 11.8. The fraction of sp³-hybridized carbons (Fsp3) is 0.769. The van der Waals surface area contributed by atoms with E-state index in [1.807, 2.05) is 0 Å². The van der Waals surface area contributed by atoms with Gasteiger partial charge in [0.2, 0.25) is 5.91 Å². The first-order chi connectivity index (χ1) is 9.19. The minimum absolute atomic E-state index is 0.223. The van der Waals surface area contributed by atoms with Crippen molar-refractivity contribution in [3.8, 4) is 0 Å². The van der Waals surface area contributed by atoms with Crippen LogP contribution in [-0.2, 0) is 19.1 Å². The van der Waals surface area contributed by atoms with Gasteiger partial charge < -0.3 is 20.1 Å². The van der Waals surface area contributed by atoms with Crippen molar-refractivity contribution in [3.05, 3.63) is 0 Å². The number of rotatable bonds is 6. The fourth-order valence-electron chi connectivity index (χ4n) is 1.30. The zero-order valence-corrected chi connectivity index (χ0v) is 12.7. The van der Waals surface area contributed by atoms with Crippen LogP contribution in [0.3, 0.4) is 0 Å². The van der Waals surface area contributed by atoms with E-state index in [1.54, 1.807) is 34.6 Å². The molecule has 2 amide bonds. The van der Waals surface area contributed by atoms with Gasteiger partial charge in [-0.25, -0.2) is 4.79 Å². The Morgan fingerprint density at radius 1 is 1.15 bits per heavy atom. The molecule has 0 aliphatic carbocycles. The van der Waals surface area contributed by atoms with Crippen molar-refractivity contribution in [2.45, 2.75) is 52.7 Å². The first-order valence-corrected chi connectivity index (χ1v) is 6.62. The lowest BCUT2D eigenvalue weighted by Crippen LogP contribution is -2.48. The Hall–Kier alpha value is -1.79. The van der Waals surface area contributed by atoms with Gasteiger partial charge in [0.15, 0.2) is 0 Å². The summed E-state index contributed by atoms with van der Waals surface area (Å²) in [5.74, 6) is -0.973. The third-order valence-electron chi connectivity index (χ3n) is 2.13. The molecule has 0 rings (SSSR count). The molecule has 0 aliphatic heterocycles. The number of amides is 2. The molecule has 116 valence electrons. The molecule has 0 spiro atoms. The lowest BCUT2D eigenvalue weighted by molar-refractivity contribution is -0.143. The van der Waals surface area contributed by atoms with E-state index in [-0.39, 0.29) is 13.2 Å². The van der Waals surface area contributed by atoms with Gasteiger partial charge in [0, 0.05) is 0 Å². The van der Waals surface area contributed by atoms with E-state index >= 15 is 0 Å². The van der Waals surface area contributed by atoms with E-state index in [4.69, 9.17) is 4.74 Å². The maximum Gasteiger partial charge on any atom is 0.408 e. The van der Waals surface area contributed by atoms with E-state index in [1.165, 1.54) is 0 Å². The second-order valence-electron chi connectivity index (χ2n) is 5.13. The molecule has 2 N–H and O–H groups in total. The third kappa shape index (κ3) is 8.34. The van der Waals surface area contributed by atoms with Crippen molar-refractivity contribution in [2.75, 3.05) is 13.2 Å². The number of esters is 1. The van der Waals surface area contributed by atoms with Crippen molar-refractivity contribution in [1.82, 2.24) is 10.6 Å². The van der Waals surface area contributed by atoms with E-state index in [2.05, 4.69) is 15.4 Å². The molecule has 0 saturated heterocycles. The molecule has 7 nitrogen and oxygen atoms in total. The molecular weight excluding hydrogens is 264 g/mol. The second kappa shape index (κ2) is 8.39. The van der Waals surface area contributed by atoms with Crippen LogP contribution in [0.4, 0.5) is 4.79 Å². The van der Waals surface area contributed by atoms with Gasteiger partial charge in [-0.3, -0.25) is 9.59 Å². The van der Waals surface area contributed by atoms with Gasteiger partial charge in [-0.15, -0.1) is 0 Å². The molecule has 0 heterocycles. The lowest BCUT2D eigenvalue weighted by Gasteiger charge is -2.22. The standard InChI is InChI=1S/C13H24N2O5/c1-6-9(15-12(18)20-13(3,4)5)11(17)14-8-10(16)19-7-2/h9H,6-8H2,1-5H3,(H,14,17)(H,15,18). The van der Waals surface area contributed by atoms with E-state index in [0.29, 0.717) is 6.42 Å². The second-order valence-corrected chi connectivity index (χ2v) is 5.13. The Bertz CT molecular complexity index is 349. The molecule has 20 heavy (non-hydrogen) atoms. The number of ether oxygens (including phenoxy) is 2. The number of hydrogen-bond donors (Lipinski definition) is 2. The largest absolute Gasteiger partial charge is 0.465 e. The quantitative estimate of drug-likeness (QED) is 0.710. The van der Waals surface area contributed by atoms with Crippen LogP contribution < -0.4 is 10.6 Å². The molecule has 0 saturated carbocycles. The zero-order valence-electron chi connectivity index (χ0n) is 12.7. The zero-order chi connectivity index (χ0) is 15.8. The number of alkyl carbamates (subject to hydrolysis) is 1.